The molecule has 5 nitrogen and oxygen atoms in total. The summed E-state index contributed by atoms with van der Waals surface area (Å²) in [6.45, 7) is 4.06. The predicted molar refractivity (Wildman–Crippen MR) is 57.9 cm³/mol. The van der Waals surface area contributed by atoms with Gasteiger partial charge in [0.05, 0.1) is 12.2 Å². The van der Waals surface area contributed by atoms with Gasteiger partial charge < -0.3 is 4.74 Å². The molecule has 6 heteroatoms. The molecule has 0 aromatic heterocycles. The van der Waals surface area contributed by atoms with Crippen molar-refractivity contribution in [3.8, 4) is 0 Å². The summed E-state index contributed by atoms with van der Waals surface area (Å²) < 4.78 is 28.5. The number of carbonyl (C=O) groups excluding carboxylic acids is 1. The summed E-state index contributed by atoms with van der Waals surface area (Å²) >= 11 is 0. The molecule has 0 bridgehead atoms. The molecule has 1 N–H and O–H groups in total. The molecule has 0 aliphatic heterocycles. The summed E-state index contributed by atoms with van der Waals surface area (Å²) in [5.74, 6) is -0.335. The molecule has 0 radical (unpaired) electrons. The van der Waals surface area contributed by atoms with Gasteiger partial charge in [0.25, 0.3) is 0 Å². The fourth-order valence-corrected chi connectivity index (χ4v) is 1.57. The SMILES string of the molecule is CCC(CC)C(=O)OCCNS(C)(=O)=O. The molecule has 15 heavy (non-hydrogen) atoms. The van der Waals surface area contributed by atoms with Crippen LogP contribution in [-0.4, -0.2) is 33.8 Å². The lowest BCUT2D eigenvalue weighted by atomic mass is 10.0. The Balaban J connectivity index is 3.73. The summed E-state index contributed by atoms with van der Waals surface area (Å²) in [6, 6.07) is 0. The van der Waals surface area contributed by atoms with Crippen LogP contribution in [-0.2, 0) is 19.6 Å². The Kier molecular flexibility index (Phi) is 6.51. The lowest BCUT2D eigenvalue weighted by Gasteiger charge is -2.11. The Bertz CT molecular complexity index is 282. The highest BCUT2D eigenvalue weighted by molar-refractivity contribution is 7.88. The Hall–Kier alpha value is -0.620. The minimum absolute atomic E-state index is 0.0803. The first kappa shape index (κ1) is 14.4. The van der Waals surface area contributed by atoms with E-state index in [0.717, 1.165) is 19.1 Å². The van der Waals surface area contributed by atoms with Crippen molar-refractivity contribution in [1.29, 1.82) is 0 Å². The standard InChI is InChI=1S/C9H19NO4S/c1-4-8(5-2)9(11)14-7-6-10-15(3,12)13/h8,10H,4-7H2,1-3H3. The van der Waals surface area contributed by atoms with Gasteiger partial charge >= 0.3 is 5.97 Å². The van der Waals surface area contributed by atoms with Gasteiger partial charge in [-0.05, 0) is 12.8 Å². The van der Waals surface area contributed by atoms with Crippen molar-refractivity contribution < 1.29 is 17.9 Å². The van der Waals surface area contributed by atoms with Gasteiger partial charge in [0, 0.05) is 6.54 Å². The minimum atomic E-state index is -3.19. The number of hydrogen-bond acceptors (Lipinski definition) is 4. The number of ether oxygens (including phenoxy) is 1. The average molecular weight is 237 g/mol. The van der Waals surface area contributed by atoms with Crippen molar-refractivity contribution in [2.75, 3.05) is 19.4 Å². The summed E-state index contributed by atoms with van der Waals surface area (Å²) in [4.78, 5) is 11.3. The van der Waals surface area contributed by atoms with E-state index in [1.807, 2.05) is 13.8 Å². The molecular formula is C9H19NO4S. The molecule has 0 fully saturated rings. The topological polar surface area (TPSA) is 72.5 Å². The highest BCUT2D eigenvalue weighted by Gasteiger charge is 2.15. The Morgan fingerprint density at radius 3 is 2.27 bits per heavy atom. The molecule has 0 atom stereocenters. The fraction of sp³-hybridized carbons (Fsp3) is 0.889. The smallest absolute Gasteiger partial charge is 0.308 e. The third-order valence-electron chi connectivity index (χ3n) is 2.03. The maximum atomic E-state index is 11.3. The highest BCUT2D eigenvalue weighted by Crippen LogP contribution is 2.08. The second-order valence-corrected chi connectivity index (χ2v) is 5.18. The van der Waals surface area contributed by atoms with Crippen LogP contribution in [0.4, 0.5) is 0 Å². The molecule has 0 aromatic carbocycles. The van der Waals surface area contributed by atoms with Crippen LogP contribution in [0, 0.1) is 5.92 Å². The van der Waals surface area contributed by atoms with Gasteiger partial charge in [0.1, 0.15) is 6.61 Å². The van der Waals surface area contributed by atoms with E-state index in [9.17, 15) is 13.2 Å². The van der Waals surface area contributed by atoms with Crippen LogP contribution < -0.4 is 4.72 Å². The summed E-state index contributed by atoms with van der Waals surface area (Å²) in [5, 5.41) is 0. The summed E-state index contributed by atoms with van der Waals surface area (Å²) in [7, 11) is -3.19. The van der Waals surface area contributed by atoms with Gasteiger partial charge in [-0.25, -0.2) is 13.1 Å². The monoisotopic (exact) mass is 237 g/mol. The number of carbonyl (C=O) groups is 1. The number of esters is 1. The fourth-order valence-electron chi connectivity index (χ4n) is 1.12. The molecule has 0 rings (SSSR count). The van der Waals surface area contributed by atoms with E-state index in [2.05, 4.69) is 4.72 Å². The normalized spacial score (nSPS) is 11.7. The van der Waals surface area contributed by atoms with Crippen molar-refractivity contribution in [2.45, 2.75) is 26.7 Å². The van der Waals surface area contributed by atoms with Gasteiger partial charge in [0.2, 0.25) is 10.0 Å². The van der Waals surface area contributed by atoms with Crippen LogP contribution in [0.3, 0.4) is 0 Å². The van der Waals surface area contributed by atoms with E-state index in [1.54, 1.807) is 0 Å². The largest absolute Gasteiger partial charge is 0.464 e. The molecule has 0 unspecified atom stereocenters. The molecule has 0 aliphatic rings. The van der Waals surface area contributed by atoms with Crippen molar-refractivity contribution >= 4 is 16.0 Å². The number of sulfonamides is 1. The first-order chi connectivity index (χ1) is 6.90. The first-order valence-corrected chi connectivity index (χ1v) is 6.91. The van der Waals surface area contributed by atoms with E-state index >= 15 is 0 Å². The molecule has 90 valence electrons. The summed E-state index contributed by atoms with van der Waals surface area (Å²) in [5.41, 5.74) is 0. The number of hydrogen-bond donors (Lipinski definition) is 1. The quantitative estimate of drug-likeness (QED) is 0.517. The van der Waals surface area contributed by atoms with E-state index < -0.39 is 10.0 Å². The van der Waals surface area contributed by atoms with E-state index in [1.165, 1.54) is 0 Å². The number of rotatable bonds is 7. The zero-order valence-corrected chi connectivity index (χ0v) is 10.3. The Morgan fingerprint density at radius 2 is 1.87 bits per heavy atom. The molecule has 0 heterocycles. The predicted octanol–water partition coefficient (Wildman–Crippen LogP) is 0.515. The van der Waals surface area contributed by atoms with Crippen LogP contribution in [0.2, 0.25) is 0 Å². The highest BCUT2D eigenvalue weighted by atomic mass is 32.2. The van der Waals surface area contributed by atoms with Crippen molar-refractivity contribution in [2.24, 2.45) is 5.92 Å². The molecule has 0 aliphatic carbocycles. The van der Waals surface area contributed by atoms with Gasteiger partial charge in [-0.1, -0.05) is 13.8 Å². The maximum Gasteiger partial charge on any atom is 0.308 e. The number of nitrogens with one attached hydrogen (secondary N) is 1. The average Bonchev–Trinajstić information content (AvgIpc) is 2.13. The second-order valence-electron chi connectivity index (χ2n) is 3.35. The third-order valence-corrected chi connectivity index (χ3v) is 2.76. The molecule has 0 saturated carbocycles. The lowest BCUT2D eigenvalue weighted by molar-refractivity contribution is -0.148. The second kappa shape index (κ2) is 6.79. The van der Waals surface area contributed by atoms with Crippen molar-refractivity contribution in [1.82, 2.24) is 4.72 Å². The van der Waals surface area contributed by atoms with Crippen LogP contribution in [0.15, 0.2) is 0 Å². The van der Waals surface area contributed by atoms with E-state index in [-0.39, 0.29) is 25.0 Å². The lowest BCUT2D eigenvalue weighted by Crippen LogP contribution is -2.28. The summed E-state index contributed by atoms with van der Waals surface area (Å²) in [6.07, 6.45) is 2.55. The minimum Gasteiger partial charge on any atom is -0.464 e. The van der Waals surface area contributed by atoms with Crippen LogP contribution in [0.25, 0.3) is 0 Å². The van der Waals surface area contributed by atoms with Crippen molar-refractivity contribution in [3.63, 3.8) is 0 Å². The van der Waals surface area contributed by atoms with Gasteiger partial charge in [0.15, 0.2) is 0 Å². The van der Waals surface area contributed by atoms with Crippen LogP contribution >= 0.6 is 0 Å². The molecular weight excluding hydrogens is 218 g/mol. The third kappa shape index (κ3) is 7.33. The molecule has 0 saturated heterocycles. The van der Waals surface area contributed by atoms with Gasteiger partial charge in [-0.2, -0.15) is 0 Å². The molecule has 0 aromatic rings. The molecule has 0 amide bonds. The Morgan fingerprint density at radius 1 is 1.33 bits per heavy atom. The maximum absolute atomic E-state index is 11.3. The zero-order valence-electron chi connectivity index (χ0n) is 9.45. The van der Waals surface area contributed by atoms with Gasteiger partial charge in [-0.15, -0.1) is 0 Å². The van der Waals surface area contributed by atoms with E-state index in [0.29, 0.717) is 0 Å². The van der Waals surface area contributed by atoms with Crippen LogP contribution in [0.1, 0.15) is 26.7 Å². The van der Waals surface area contributed by atoms with Crippen molar-refractivity contribution in [3.05, 3.63) is 0 Å². The first-order valence-electron chi connectivity index (χ1n) is 5.02. The van der Waals surface area contributed by atoms with Crippen LogP contribution in [0.5, 0.6) is 0 Å². The molecule has 0 spiro atoms. The zero-order chi connectivity index (χ0) is 11.9. The van der Waals surface area contributed by atoms with E-state index in [4.69, 9.17) is 4.74 Å². The Labute approximate surface area is 91.2 Å². The van der Waals surface area contributed by atoms with Gasteiger partial charge in [-0.3, -0.25) is 4.79 Å².